The zero-order valence-corrected chi connectivity index (χ0v) is 13.9. The van der Waals surface area contributed by atoms with Crippen LogP contribution in [0.3, 0.4) is 0 Å². The van der Waals surface area contributed by atoms with Crippen LogP contribution in [-0.4, -0.2) is 36.7 Å². The van der Waals surface area contributed by atoms with Gasteiger partial charge in [0.25, 0.3) is 0 Å². The van der Waals surface area contributed by atoms with Crippen molar-refractivity contribution in [1.29, 1.82) is 0 Å². The van der Waals surface area contributed by atoms with Crippen LogP contribution in [0.25, 0.3) is 0 Å². The van der Waals surface area contributed by atoms with E-state index in [0.717, 1.165) is 24.8 Å². The summed E-state index contributed by atoms with van der Waals surface area (Å²) in [6.07, 6.45) is 4.31. The maximum Gasteiger partial charge on any atom is 0.326 e. The van der Waals surface area contributed by atoms with Gasteiger partial charge in [0, 0.05) is 20.1 Å². The lowest BCUT2D eigenvalue weighted by atomic mass is 9.68. The van der Waals surface area contributed by atoms with Crippen LogP contribution < -0.4 is 5.32 Å². The molecule has 0 bridgehead atoms. The predicted octanol–water partition coefficient (Wildman–Crippen LogP) is 2.63. The molecule has 24 heavy (non-hydrogen) atoms. The number of halogens is 1. The van der Waals surface area contributed by atoms with E-state index in [0.29, 0.717) is 12.8 Å². The van der Waals surface area contributed by atoms with E-state index in [4.69, 9.17) is 4.74 Å². The number of amides is 1. The summed E-state index contributed by atoms with van der Waals surface area (Å²) >= 11 is 0. The number of carbonyl (C=O) groups is 2. The fourth-order valence-corrected chi connectivity index (χ4v) is 3.36. The van der Waals surface area contributed by atoms with Crippen LogP contribution in [0.4, 0.5) is 4.39 Å². The Morgan fingerprint density at radius 1 is 1.25 bits per heavy atom. The van der Waals surface area contributed by atoms with E-state index in [2.05, 4.69) is 5.32 Å². The maximum absolute atomic E-state index is 13.2. The van der Waals surface area contributed by atoms with Crippen LogP contribution in [-0.2, 0) is 19.7 Å². The molecule has 0 spiro atoms. The quantitative estimate of drug-likeness (QED) is 0.802. The van der Waals surface area contributed by atoms with Crippen LogP contribution in [0.2, 0.25) is 0 Å². The highest BCUT2D eigenvalue weighted by molar-refractivity contribution is 5.91. The number of ether oxygens (including phenoxy) is 1. The zero-order valence-electron chi connectivity index (χ0n) is 13.9. The number of benzene rings is 1. The molecule has 1 atom stereocenters. The molecule has 1 aromatic rings. The topological polar surface area (TPSA) is 75.6 Å². The summed E-state index contributed by atoms with van der Waals surface area (Å²) in [4.78, 5) is 24.4. The monoisotopic (exact) mass is 337 g/mol. The van der Waals surface area contributed by atoms with Crippen LogP contribution in [0.5, 0.6) is 0 Å². The number of rotatable bonds is 7. The standard InChI is InChI=1S/C18H24FNO4/c1-24-12-9-15(16(21)22)20-17(23)18(10-3-2-4-11-18)13-5-7-14(19)8-6-13/h5-8,15H,2-4,9-12H2,1H3,(H,20,23)(H,21,22). The Hall–Kier alpha value is -1.95. The molecule has 0 saturated heterocycles. The molecule has 0 aliphatic heterocycles. The van der Waals surface area contributed by atoms with Crippen LogP contribution >= 0.6 is 0 Å². The minimum atomic E-state index is -1.08. The molecule has 1 aliphatic carbocycles. The third-order valence-electron chi connectivity index (χ3n) is 4.75. The molecule has 5 nitrogen and oxygen atoms in total. The molecule has 1 saturated carbocycles. The number of nitrogens with one attached hydrogen (secondary N) is 1. The summed E-state index contributed by atoms with van der Waals surface area (Å²) in [6, 6.07) is 4.96. The Labute approximate surface area is 141 Å². The van der Waals surface area contributed by atoms with Gasteiger partial charge in [0.1, 0.15) is 11.9 Å². The molecule has 6 heteroatoms. The van der Waals surface area contributed by atoms with Crippen molar-refractivity contribution in [2.75, 3.05) is 13.7 Å². The second-order valence-corrected chi connectivity index (χ2v) is 6.30. The summed E-state index contributed by atoms with van der Waals surface area (Å²) in [6.45, 7) is 0.251. The molecule has 0 radical (unpaired) electrons. The zero-order chi connectivity index (χ0) is 17.6. The van der Waals surface area contributed by atoms with Crippen LogP contribution in [0.1, 0.15) is 44.1 Å². The third-order valence-corrected chi connectivity index (χ3v) is 4.75. The summed E-state index contributed by atoms with van der Waals surface area (Å²) in [5, 5.41) is 12.0. The molecule has 0 aromatic heterocycles. The second kappa shape index (κ2) is 8.24. The molecule has 1 aliphatic rings. The number of carbonyl (C=O) groups excluding carboxylic acids is 1. The highest BCUT2D eigenvalue weighted by Gasteiger charge is 2.42. The molecule has 1 aromatic carbocycles. The minimum Gasteiger partial charge on any atom is -0.480 e. The molecule has 132 valence electrons. The fraction of sp³-hybridized carbons (Fsp3) is 0.556. The number of aliphatic carboxylic acids is 1. The van der Waals surface area contributed by atoms with Crippen molar-refractivity contribution in [1.82, 2.24) is 5.32 Å². The van der Waals surface area contributed by atoms with Gasteiger partial charge in [-0.05, 0) is 30.5 Å². The SMILES string of the molecule is COCCC(NC(=O)C1(c2ccc(F)cc2)CCCCC1)C(=O)O. The highest BCUT2D eigenvalue weighted by Crippen LogP contribution is 2.40. The van der Waals surface area contributed by atoms with Crippen molar-refractivity contribution in [3.8, 4) is 0 Å². The number of methoxy groups -OCH3 is 1. The van der Waals surface area contributed by atoms with Gasteiger partial charge in [-0.1, -0.05) is 31.4 Å². The van der Waals surface area contributed by atoms with Gasteiger partial charge in [0.2, 0.25) is 5.91 Å². The van der Waals surface area contributed by atoms with Crippen LogP contribution in [0, 0.1) is 5.82 Å². The van der Waals surface area contributed by atoms with E-state index in [9.17, 15) is 19.1 Å². The van der Waals surface area contributed by atoms with Crippen LogP contribution in [0.15, 0.2) is 24.3 Å². The maximum atomic E-state index is 13.2. The van der Waals surface area contributed by atoms with Gasteiger partial charge in [-0.25, -0.2) is 9.18 Å². The summed E-state index contributed by atoms with van der Waals surface area (Å²) in [5.41, 5.74) is -0.0378. The first-order valence-electron chi connectivity index (χ1n) is 8.28. The average Bonchev–Trinajstić information content (AvgIpc) is 2.59. The first kappa shape index (κ1) is 18.4. The number of hydrogen-bond acceptors (Lipinski definition) is 3. The van der Waals surface area contributed by atoms with Gasteiger partial charge in [0.15, 0.2) is 0 Å². The Kier molecular flexibility index (Phi) is 6.31. The van der Waals surface area contributed by atoms with E-state index < -0.39 is 17.4 Å². The molecule has 1 unspecified atom stereocenters. The van der Waals surface area contributed by atoms with Crippen molar-refractivity contribution in [2.45, 2.75) is 50.0 Å². The van der Waals surface area contributed by atoms with Gasteiger partial charge < -0.3 is 15.2 Å². The van der Waals surface area contributed by atoms with Crippen molar-refractivity contribution in [3.63, 3.8) is 0 Å². The van der Waals surface area contributed by atoms with Crippen molar-refractivity contribution >= 4 is 11.9 Å². The van der Waals surface area contributed by atoms with Crippen molar-refractivity contribution in [3.05, 3.63) is 35.6 Å². The van der Waals surface area contributed by atoms with E-state index in [1.165, 1.54) is 19.2 Å². The average molecular weight is 337 g/mol. The van der Waals surface area contributed by atoms with E-state index >= 15 is 0 Å². The lowest BCUT2D eigenvalue weighted by molar-refractivity contribution is -0.143. The van der Waals surface area contributed by atoms with E-state index in [1.807, 2.05) is 0 Å². The molecular weight excluding hydrogens is 313 g/mol. The Balaban J connectivity index is 2.24. The van der Waals surface area contributed by atoms with Crippen molar-refractivity contribution < 1.29 is 23.8 Å². The third kappa shape index (κ3) is 4.12. The fourth-order valence-electron chi connectivity index (χ4n) is 3.36. The normalized spacial score (nSPS) is 17.9. The lowest BCUT2D eigenvalue weighted by Gasteiger charge is -2.37. The first-order chi connectivity index (χ1) is 11.5. The molecule has 2 N–H and O–H groups in total. The molecule has 1 fully saturated rings. The second-order valence-electron chi connectivity index (χ2n) is 6.30. The van der Waals surface area contributed by atoms with Crippen molar-refractivity contribution in [2.24, 2.45) is 0 Å². The van der Waals surface area contributed by atoms with Gasteiger partial charge in [-0.3, -0.25) is 4.79 Å². The Bertz CT molecular complexity index is 567. The van der Waals surface area contributed by atoms with Gasteiger partial charge >= 0.3 is 5.97 Å². The molecule has 1 amide bonds. The lowest BCUT2D eigenvalue weighted by Crippen LogP contribution is -2.51. The highest BCUT2D eigenvalue weighted by atomic mass is 19.1. The van der Waals surface area contributed by atoms with E-state index in [-0.39, 0.29) is 24.8 Å². The molecule has 0 heterocycles. The predicted molar refractivity (Wildman–Crippen MR) is 87.2 cm³/mol. The van der Waals surface area contributed by atoms with Gasteiger partial charge in [-0.15, -0.1) is 0 Å². The molecule has 2 rings (SSSR count). The Morgan fingerprint density at radius 3 is 2.42 bits per heavy atom. The van der Waals surface area contributed by atoms with Gasteiger partial charge in [0.05, 0.1) is 5.41 Å². The number of hydrogen-bond donors (Lipinski definition) is 2. The number of carboxylic acids is 1. The summed E-state index contributed by atoms with van der Waals surface area (Å²) in [5.74, 6) is -1.73. The Morgan fingerprint density at radius 2 is 1.88 bits per heavy atom. The minimum absolute atomic E-state index is 0.205. The summed E-state index contributed by atoms with van der Waals surface area (Å²) in [7, 11) is 1.49. The summed E-state index contributed by atoms with van der Waals surface area (Å²) < 4.78 is 18.2. The van der Waals surface area contributed by atoms with Gasteiger partial charge in [-0.2, -0.15) is 0 Å². The first-order valence-corrected chi connectivity index (χ1v) is 8.28. The smallest absolute Gasteiger partial charge is 0.326 e. The molecular formula is C18H24FNO4. The number of carboxylic acid groups (broad SMARTS) is 1. The van der Waals surface area contributed by atoms with E-state index in [1.54, 1.807) is 12.1 Å². The largest absolute Gasteiger partial charge is 0.480 e.